The van der Waals surface area contributed by atoms with E-state index in [1.165, 1.54) is 17.7 Å². The third-order valence-electron chi connectivity index (χ3n) is 4.43. The summed E-state index contributed by atoms with van der Waals surface area (Å²) in [7, 11) is 1.98. The van der Waals surface area contributed by atoms with Crippen molar-refractivity contribution >= 4 is 28.8 Å². The Balaban J connectivity index is 1.36. The molecule has 2 aliphatic rings. The predicted octanol–water partition coefficient (Wildman–Crippen LogP) is 2.58. The Morgan fingerprint density at radius 2 is 2.09 bits per heavy atom. The number of likely N-dealkylation sites (tertiary alicyclic amines) is 1. The highest BCUT2D eigenvalue weighted by atomic mass is 35.5. The SMILES string of the molecule is CN(CC(=O)NC1CCN(C2CC2)CC1)Cc1ccc(Cl)s1. The molecular weight excluding hydrogens is 318 g/mol. The second-order valence-electron chi connectivity index (χ2n) is 6.49. The monoisotopic (exact) mass is 341 g/mol. The molecule has 1 aliphatic heterocycles. The lowest BCUT2D eigenvalue weighted by Crippen LogP contribution is -2.47. The first-order valence-electron chi connectivity index (χ1n) is 8.06. The zero-order valence-corrected chi connectivity index (χ0v) is 14.6. The van der Waals surface area contributed by atoms with E-state index in [2.05, 4.69) is 10.2 Å². The summed E-state index contributed by atoms with van der Waals surface area (Å²) in [5.41, 5.74) is 0. The number of thiophene rings is 1. The second-order valence-corrected chi connectivity index (χ2v) is 8.29. The van der Waals surface area contributed by atoms with E-state index in [0.29, 0.717) is 12.6 Å². The molecular formula is C16H24ClN3OS. The van der Waals surface area contributed by atoms with Crippen LogP contribution >= 0.6 is 22.9 Å². The Bertz CT molecular complexity index is 509. The molecule has 1 aliphatic carbocycles. The summed E-state index contributed by atoms with van der Waals surface area (Å²) >= 11 is 7.51. The van der Waals surface area contributed by atoms with Crippen molar-refractivity contribution in [2.24, 2.45) is 0 Å². The van der Waals surface area contributed by atoms with Crippen LogP contribution in [-0.4, -0.2) is 54.5 Å². The lowest BCUT2D eigenvalue weighted by atomic mass is 10.0. The number of amides is 1. The van der Waals surface area contributed by atoms with Gasteiger partial charge in [-0.25, -0.2) is 0 Å². The minimum Gasteiger partial charge on any atom is -0.352 e. The van der Waals surface area contributed by atoms with Crippen LogP contribution in [0.3, 0.4) is 0 Å². The molecule has 0 atom stereocenters. The smallest absolute Gasteiger partial charge is 0.234 e. The largest absolute Gasteiger partial charge is 0.352 e. The van der Waals surface area contributed by atoms with Crippen LogP contribution < -0.4 is 5.32 Å². The van der Waals surface area contributed by atoms with Gasteiger partial charge >= 0.3 is 0 Å². The third-order valence-corrected chi connectivity index (χ3v) is 5.64. The zero-order valence-electron chi connectivity index (χ0n) is 13.1. The van der Waals surface area contributed by atoms with Gasteiger partial charge in [-0.15, -0.1) is 11.3 Å². The molecule has 22 heavy (non-hydrogen) atoms. The van der Waals surface area contributed by atoms with Gasteiger partial charge < -0.3 is 10.2 Å². The summed E-state index contributed by atoms with van der Waals surface area (Å²) in [5, 5.41) is 3.19. The van der Waals surface area contributed by atoms with Gasteiger partial charge in [0.25, 0.3) is 0 Å². The standard InChI is InChI=1S/C16H24ClN3OS/c1-19(10-14-4-5-15(17)22-14)11-16(21)18-12-6-8-20(9-7-12)13-2-3-13/h4-5,12-13H,2-3,6-11H2,1H3,(H,18,21). The summed E-state index contributed by atoms with van der Waals surface area (Å²) < 4.78 is 0.801. The Morgan fingerprint density at radius 1 is 1.36 bits per heavy atom. The normalized spacial score (nSPS) is 20.5. The van der Waals surface area contributed by atoms with Crippen LogP contribution in [0.15, 0.2) is 12.1 Å². The first-order valence-corrected chi connectivity index (χ1v) is 9.26. The number of nitrogens with zero attached hydrogens (tertiary/aromatic N) is 2. The average Bonchev–Trinajstić information content (AvgIpc) is 3.23. The van der Waals surface area contributed by atoms with Gasteiger partial charge in [0.15, 0.2) is 0 Å². The fraction of sp³-hybridized carbons (Fsp3) is 0.688. The summed E-state index contributed by atoms with van der Waals surface area (Å²) in [6, 6.07) is 5.13. The van der Waals surface area contributed by atoms with E-state index in [9.17, 15) is 4.79 Å². The summed E-state index contributed by atoms with van der Waals surface area (Å²) in [6.07, 6.45) is 4.92. The molecule has 0 unspecified atom stereocenters. The topological polar surface area (TPSA) is 35.6 Å². The molecule has 1 aromatic rings. The molecule has 1 N–H and O–H groups in total. The number of carbonyl (C=O) groups excluding carboxylic acids is 1. The quantitative estimate of drug-likeness (QED) is 0.863. The van der Waals surface area contributed by atoms with Gasteiger partial charge in [0.05, 0.1) is 10.9 Å². The molecule has 0 spiro atoms. The van der Waals surface area contributed by atoms with Crippen molar-refractivity contribution in [2.45, 2.75) is 44.3 Å². The van der Waals surface area contributed by atoms with Gasteiger partial charge in [0.1, 0.15) is 0 Å². The fourth-order valence-corrected chi connectivity index (χ4v) is 4.29. The van der Waals surface area contributed by atoms with E-state index in [-0.39, 0.29) is 5.91 Å². The number of rotatable bonds is 6. The third kappa shape index (κ3) is 4.69. The van der Waals surface area contributed by atoms with E-state index in [1.54, 1.807) is 11.3 Å². The number of likely N-dealkylation sites (N-methyl/N-ethyl adjacent to an activating group) is 1. The molecule has 122 valence electrons. The molecule has 6 heteroatoms. The molecule has 4 nitrogen and oxygen atoms in total. The maximum atomic E-state index is 12.2. The highest BCUT2D eigenvalue weighted by Crippen LogP contribution is 2.29. The number of halogens is 1. The molecule has 1 saturated heterocycles. The van der Waals surface area contributed by atoms with E-state index in [4.69, 9.17) is 11.6 Å². The predicted molar refractivity (Wildman–Crippen MR) is 91.4 cm³/mol. The van der Waals surface area contributed by atoms with Crippen molar-refractivity contribution in [2.75, 3.05) is 26.7 Å². The summed E-state index contributed by atoms with van der Waals surface area (Å²) in [4.78, 5) is 18.0. The van der Waals surface area contributed by atoms with Crippen LogP contribution in [0.2, 0.25) is 4.34 Å². The zero-order chi connectivity index (χ0) is 15.5. The first kappa shape index (κ1) is 16.2. The van der Waals surface area contributed by atoms with Gasteiger partial charge in [0.2, 0.25) is 5.91 Å². The van der Waals surface area contributed by atoms with Gasteiger partial charge in [-0.3, -0.25) is 9.69 Å². The lowest BCUT2D eigenvalue weighted by molar-refractivity contribution is -0.123. The second kappa shape index (κ2) is 7.30. The van der Waals surface area contributed by atoms with Crippen molar-refractivity contribution < 1.29 is 4.79 Å². The van der Waals surface area contributed by atoms with Crippen molar-refractivity contribution in [1.29, 1.82) is 0 Å². The van der Waals surface area contributed by atoms with E-state index in [0.717, 1.165) is 42.9 Å². The highest BCUT2D eigenvalue weighted by molar-refractivity contribution is 7.16. The van der Waals surface area contributed by atoms with E-state index in [1.807, 2.05) is 24.1 Å². The fourth-order valence-electron chi connectivity index (χ4n) is 3.13. The van der Waals surface area contributed by atoms with E-state index >= 15 is 0 Å². The molecule has 1 amide bonds. The first-order chi connectivity index (χ1) is 10.6. The van der Waals surface area contributed by atoms with Gasteiger partial charge in [-0.2, -0.15) is 0 Å². The molecule has 0 bridgehead atoms. The summed E-state index contributed by atoms with van der Waals surface area (Å²) in [6.45, 7) is 3.49. The minimum absolute atomic E-state index is 0.134. The molecule has 1 aromatic heterocycles. The Labute approximate surface area is 141 Å². The number of piperidine rings is 1. The molecule has 0 radical (unpaired) electrons. The van der Waals surface area contributed by atoms with Crippen LogP contribution in [0.25, 0.3) is 0 Å². The average molecular weight is 342 g/mol. The molecule has 3 rings (SSSR count). The van der Waals surface area contributed by atoms with Crippen LogP contribution in [0.1, 0.15) is 30.6 Å². The number of carbonyl (C=O) groups is 1. The van der Waals surface area contributed by atoms with Crippen molar-refractivity contribution in [1.82, 2.24) is 15.1 Å². The van der Waals surface area contributed by atoms with Gasteiger partial charge in [-0.1, -0.05) is 11.6 Å². The maximum absolute atomic E-state index is 12.2. The van der Waals surface area contributed by atoms with E-state index < -0.39 is 0 Å². The molecule has 2 fully saturated rings. The number of hydrogen-bond acceptors (Lipinski definition) is 4. The van der Waals surface area contributed by atoms with Crippen LogP contribution in [0.4, 0.5) is 0 Å². The lowest BCUT2D eigenvalue weighted by Gasteiger charge is -2.32. The Kier molecular flexibility index (Phi) is 5.39. The van der Waals surface area contributed by atoms with Crippen molar-refractivity contribution in [3.8, 4) is 0 Å². The molecule has 2 heterocycles. The van der Waals surface area contributed by atoms with Crippen LogP contribution in [0.5, 0.6) is 0 Å². The van der Waals surface area contributed by atoms with Crippen LogP contribution in [-0.2, 0) is 11.3 Å². The van der Waals surface area contributed by atoms with Gasteiger partial charge in [-0.05, 0) is 44.9 Å². The maximum Gasteiger partial charge on any atom is 0.234 e. The Hall–Kier alpha value is -0.620. The molecule has 0 aromatic carbocycles. The van der Waals surface area contributed by atoms with Crippen molar-refractivity contribution in [3.63, 3.8) is 0 Å². The van der Waals surface area contributed by atoms with Gasteiger partial charge in [0, 0.05) is 36.6 Å². The minimum atomic E-state index is 0.134. The highest BCUT2D eigenvalue weighted by Gasteiger charge is 2.32. The summed E-state index contributed by atoms with van der Waals surface area (Å²) in [5.74, 6) is 0.134. The number of hydrogen-bond donors (Lipinski definition) is 1. The molecule has 1 saturated carbocycles. The number of nitrogens with one attached hydrogen (secondary N) is 1. The Morgan fingerprint density at radius 3 is 2.68 bits per heavy atom. The van der Waals surface area contributed by atoms with Crippen LogP contribution in [0, 0.1) is 0 Å². The van der Waals surface area contributed by atoms with Crippen molar-refractivity contribution in [3.05, 3.63) is 21.3 Å².